The van der Waals surface area contributed by atoms with Crippen LogP contribution in [0.2, 0.25) is 0 Å². The van der Waals surface area contributed by atoms with Gasteiger partial charge in [-0.05, 0) is 38.8 Å². The number of nitrogens with zero attached hydrogens (tertiary/aromatic N) is 2. The van der Waals surface area contributed by atoms with E-state index in [0.29, 0.717) is 50.9 Å². The molecule has 1 aromatic rings. The lowest BCUT2D eigenvalue weighted by atomic mass is 9.84. The summed E-state index contributed by atoms with van der Waals surface area (Å²) in [5.74, 6) is 1.13. The maximum absolute atomic E-state index is 12.1. The number of amides is 1. The molecule has 0 spiro atoms. The van der Waals surface area contributed by atoms with Gasteiger partial charge in [-0.2, -0.15) is 0 Å². The molecule has 2 rings (SSSR count). The van der Waals surface area contributed by atoms with Crippen molar-refractivity contribution in [3.05, 3.63) is 23.9 Å². The van der Waals surface area contributed by atoms with Crippen LogP contribution in [0.25, 0.3) is 0 Å². The Hall–Kier alpha value is -1.46. The molecule has 158 valence electrons. The number of carbonyl (C=O) groups excluding carboxylic acids is 1. The molecule has 1 atom stereocenters. The third kappa shape index (κ3) is 8.27. The third-order valence-corrected chi connectivity index (χ3v) is 4.54. The number of aliphatic hydroxyl groups is 1. The number of aryl methyl sites for hydroxylation is 1. The van der Waals surface area contributed by atoms with Crippen LogP contribution < -0.4 is 16.0 Å². The number of rotatable bonds is 9. The SMILES string of the molecule is CCNC(=NCC1(CCO)CCOC1)NCCC(=O)Nc1cccc(C)n1.I. The molecule has 1 unspecified atom stereocenters. The lowest BCUT2D eigenvalue weighted by molar-refractivity contribution is -0.116. The predicted octanol–water partition coefficient (Wildman–Crippen LogP) is 1.68. The maximum atomic E-state index is 12.1. The maximum Gasteiger partial charge on any atom is 0.227 e. The summed E-state index contributed by atoms with van der Waals surface area (Å²) in [6.07, 6.45) is 1.90. The van der Waals surface area contributed by atoms with Crippen molar-refractivity contribution >= 4 is 41.7 Å². The van der Waals surface area contributed by atoms with E-state index in [1.807, 2.05) is 26.0 Å². The topological polar surface area (TPSA) is 108 Å². The smallest absolute Gasteiger partial charge is 0.227 e. The van der Waals surface area contributed by atoms with E-state index in [1.165, 1.54) is 0 Å². The van der Waals surface area contributed by atoms with Crippen molar-refractivity contribution in [2.45, 2.75) is 33.1 Å². The molecule has 1 amide bonds. The van der Waals surface area contributed by atoms with Crippen LogP contribution in [0.4, 0.5) is 5.82 Å². The van der Waals surface area contributed by atoms with Crippen LogP contribution in [0.1, 0.15) is 31.9 Å². The van der Waals surface area contributed by atoms with E-state index < -0.39 is 0 Å². The lowest BCUT2D eigenvalue weighted by Gasteiger charge is -2.24. The van der Waals surface area contributed by atoms with E-state index >= 15 is 0 Å². The van der Waals surface area contributed by atoms with Gasteiger partial charge in [-0.1, -0.05) is 6.07 Å². The monoisotopic (exact) mass is 505 g/mol. The van der Waals surface area contributed by atoms with Crippen molar-refractivity contribution in [3.8, 4) is 0 Å². The van der Waals surface area contributed by atoms with Gasteiger partial charge in [0.25, 0.3) is 0 Å². The van der Waals surface area contributed by atoms with E-state index in [9.17, 15) is 9.90 Å². The van der Waals surface area contributed by atoms with Gasteiger partial charge in [-0.3, -0.25) is 9.79 Å². The highest BCUT2D eigenvalue weighted by Crippen LogP contribution is 2.32. The van der Waals surface area contributed by atoms with E-state index in [-0.39, 0.29) is 41.9 Å². The predicted molar refractivity (Wildman–Crippen MR) is 121 cm³/mol. The fourth-order valence-corrected chi connectivity index (χ4v) is 2.99. The largest absolute Gasteiger partial charge is 0.396 e. The van der Waals surface area contributed by atoms with Crippen LogP contribution in [0.3, 0.4) is 0 Å². The summed E-state index contributed by atoms with van der Waals surface area (Å²) in [6.45, 7) is 7.14. The van der Waals surface area contributed by atoms with Gasteiger partial charge in [0.15, 0.2) is 5.96 Å². The first-order valence-corrected chi connectivity index (χ1v) is 9.51. The minimum Gasteiger partial charge on any atom is -0.396 e. The number of guanidine groups is 1. The molecule has 1 aliphatic heterocycles. The number of hydrogen-bond donors (Lipinski definition) is 4. The first-order chi connectivity index (χ1) is 13.1. The van der Waals surface area contributed by atoms with Gasteiger partial charge in [0, 0.05) is 43.8 Å². The Morgan fingerprint density at radius 1 is 1.39 bits per heavy atom. The van der Waals surface area contributed by atoms with Crippen molar-refractivity contribution in [1.29, 1.82) is 0 Å². The zero-order valence-electron chi connectivity index (χ0n) is 16.7. The molecule has 0 bridgehead atoms. The van der Waals surface area contributed by atoms with Crippen LogP contribution in [-0.2, 0) is 9.53 Å². The van der Waals surface area contributed by atoms with Gasteiger partial charge < -0.3 is 25.8 Å². The first kappa shape index (κ1) is 24.6. The van der Waals surface area contributed by atoms with E-state index in [2.05, 4.69) is 25.9 Å². The summed E-state index contributed by atoms with van der Waals surface area (Å²) >= 11 is 0. The molecular formula is C19H32IN5O3. The molecule has 0 aromatic carbocycles. The Kier molecular flexibility index (Phi) is 11.3. The van der Waals surface area contributed by atoms with Gasteiger partial charge in [0.1, 0.15) is 5.82 Å². The van der Waals surface area contributed by atoms with Gasteiger partial charge in [-0.25, -0.2) is 4.98 Å². The van der Waals surface area contributed by atoms with E-state index in [4.69, 9.17) is 4.74 Å². The molecule has 28 heavy (non-hydrogen) atoms. The van der Waals surface area contributed by atoms with Crippen LogP contribution in [0, 0.1) is 12.3 Å². The number of carbonyl (C=O) groups is 1. The molecule has 9 heteroatoms. The molecule has 0 aliphatic carbocycles. The Labute approximate surface area is 184 Å². The van der Waals surface area contributed by atoms with E-state index in [1.54, 1.807) is 6.07 Å². The van der Waals surface area contributed by atoms with Gasteiger partial charge >= 0.3 is 0 Å². The molecule has 0 saturated carbocycles. The average molecular weight is 505 g/mol. The third-order valence-electron chi connectivity index (χ3n) is 4.54. The number of aliphatic hydroxyl groups excluding tert-OH is 1. The zero-order chi connectivity index (χ0) is 19.5. The van der Waals surface area contributed by atoms with Crippen LogP contribution in [0.15, 0.2) is 23.2 Å². The number of ether oxygens (including phenoxy) is 1. The van der Waals surface area contributed by atoms with E-state index in [0.717, 1.165) is 18.7 Å². The number of pyridine rings is 1. The number of anilines is 1. The Balaban J connectivity index is 0.00000392. The second kappa shape index (κ2) is 12.9. The van der Waals surface area contributed by atoms with Crippen molar-refractivity contribution in [2.24, 2.45) is 10.4 Å². The normalized spacial score (nSPS) is 19.0. The number of aromatic nitrogens is 1. The molecule has 2 heterocycles. The van der Waals surface area contributed by atoms with Gasteiger partial charge in [0.2, 0.25) is 5.91 Å². The Bertz CT molecular complexity index is 636. The quantitative estimate of drug-likeness (QED) is 0.231. The van der Waals surface area contributed by atoms with Crippen molar-refractivity contribution in [3.63, 3.8) is 0 Å². The zero-order valence-corrected chi connectivity index (χ0v) is 19.0. The molecular weight excluding hydrogens is 473 g/mol. The summed E-state index contributed by atoms with van der Waals surface area (Å²) < 4.78 is 5.50. The number of hydrogen-bond acceptors (Lipinski definition) is 5. The van der Waals surface area contributed by atoms with Crippen LogP contribution >= 0.6 is 24.0 Å². The van der Waals surface area contributed by atoms with Crippen molar-refractivity contribution in [1.82, 2.24) is 15.6 Å². The molecule has 1 aliphatic rings. The molecule has 1 saturated heterocycles. The van der Waals surface area contributed by atoms with Crippen molar-refractivity contribution < 1.29 is 14.6 Å². The highest BCUT2D eigenvalue weighted by molar-refractivity contribution is 14.0. The lowest BCUT2D eigenvalue weighted by Crippen LogP contribution is -2.40. The van der Waals surface area contributed by atoms with Gasteiger partial charge in [0.05, 0.1) is 13.2 Å². The second-order valence-electron chi connectivity index (χ2n) is 6.86. The van der Waals surface area contributed by atoms with Crippen molar-refractivity contribution in [2.75, 3.05) is 44.8 Å². The van der Waals surface area contributed by atoms with Crippen LogP contribution in [-0.4, -0.2) is 61.4 Å². The fourth-order valence-electron chi connectivity index (χ4n) is 2.99. The minimum atomic E-state index is -0.0996. The Morgan fingerprint density at radius 2 is 2.21 bits per heavy atom. The average Bonchev–Trinajstić information content (AvgIpc) is 3.09. The summed E-state index contributed by atoms with van der Waals surface area (Å²) in [5, 5.41) is 18.5. The fraction of sp³-hybridized carbons (Fsp3) is 0.632. The second-order valence-corrected chi connectivity index (χ2v) is 6.86. The van der Waals surface area contributed by atoms with Gasteiger partial charge in [-0.15, -0.1) is 24.0 Å². The summed E-state index contributed by atoms with van der Waals surface area (Å²) in [5.41, 5.74) is 0.769. The first-order valence-electron chi connectivity index (χ1n) is 9.51. The highest BCUT2D eigenvalue weighted by Gasteiger charge is 2.34. The molecule has 4 N–H and O–H groups in total. The summed E-state index contributed by atoms with van der Waals surface area (Å²) in [6, 6.07) is 5.52. The minimum absolute atomic E-state index is 0. The number of nitrogens with one attached hydrogen (secondary N) is 3. The molecule has 1 fully saturated rings. The molecule has 1 aromatic heterocycles. The standard InChI is InChI=1S/C19H31N5O3.HI/c1-3-20-18(22-13-19(8-11-25)9-12-27-14-19)21-10-7-17(26)24-16-6-4-5-15(2)23-16;/h4-6,25H,3,7-14H2,1-2H3,(H2,20,21,22)(H,23,24,26);1H. The summed E-state index contributed by atoms with van der Waals surface area (Å²) in [4.78, 5) is 21.0. The number of aliphatic imine (C=N–C) groups is 1. The molecule has 8 nitrogen and oxygen atoms in total. The summed E-state index contributed by atoms with van der Waals surface area (Å²) in [7, 11) is 0. The molecule has 0 radical (unpaired) electrons. The highest BCUT2D eigenvalue weighted by atomic mass is 127. The number of halogens is 1. The van der Waals surface area contributed by atoms with Crippen LogP contribution in [0.5, 0.6) is 0 Å². The Morgan fingerprint density at radius 3 is 2.86 bits per heavy atom.